The number of nitrogens with one attached hydrogen (secondary N) is 1. The number of benzene rings is 1. The molecule has 7 heteroatoms. The molecule has 1 aromatic rings. The Morgan fingerprint density at radius 1 is 1.33 bits per heavy atom. The highest BCUT2D eigenvalue weighted by Gasteiger charge is 2.28. The van der Waals surface area contributed by atoms with Gasteiger partial charge in [0.25, 0.3) is 0 Å². The molecule has 0 aromatic heterocycles. The lowest BCUT2D eigenvalue weighted by Gasteiger charge is -2.31. The van der Waals surface area contributed by atoms with E-state index in [0.717, 1.165) is 19.3 Å². The van der Waals surface area contributed by atoms with E-state index < -0.39 is 11.7 Å². The lowest BCUT2D eigenvalue weighted by molar-refractivity contribution is -0.123. The van der Waals surface area contributed by atoms with Crippen molar-refractivity contribution in [3.8, 4) is 5.75 Å². The van der Waals surface area contributed by atoms with Crippen molar-refractivity contribution in [3.05, 3.63) is 24.0 Å². The summed E-state index contributed by atoms with van der Waals surface area (Å²) in [6.45, 7) is 1.40. The average molecular weight is 335 g/mol. The number of hydrogen-bond donors (Lipinski definition) is 2. The van der Waals surface area contributed by atoms with E-state index in [1.54, 1.807) is 0 Å². The van der Waals surface area contributed by atoms with Crippen molar-refractivity contribution < 1.29 is 18.7 Å². The first-order valence-corrected chi connectivity index (χ1v) is 8.30. The molecule has 130 valence electrons. The van der Waals surface area contributed by atoms with E-state index in [1.807, 2.05) is 0 Å². The van der Waals surface area contributed by atoms with Gasteiger partial charge in [-0.1, -0.05) is 0 Å². The molecule has 1 saturated heterocycles. The first kappa shape index (κ1) is 16.5. The fourth-order valence-electron chi connectivity index (χ4n) is 2.81. The Bertz CT molecular complexity index is 634. The lowest BCUT2D eigenvalue weighted by atomic mass is 9.98. The summed E-state index contributed by atoms with van der Waals surface area (Å²) in [6.07, 6.45) is 3.69. The molecule has 0 radical (unpaired) electrons. The Balaban J connectivity index is 1.66. The minimum atomic E-state index is -0.447. The van der Waals surface area contributed by atoms with Gasteiger partial charge in [-0.05, 0) is 43.7 Å². The zero-order chi connectivity index (χ0) is 17.1. The molecular weight excluding hydrogens is 313 g/mol. The number of piperidine rings is 1. The molecule has 3 rings (SSSR count). The van der Waals surface area contributed by atoms with Crippen LogP contribution in [0.3, 0.4) is 0 Å². The van der Waals surface area contributed by atoms with Crippen molar-refractivity contribution in [2.45, 2.75) is 25.7 Å². The highest BCUT2D eigenvalue weighted by atomic mass is 19.1. The Labute approximate surface area is 140 Å². The SMILES string of the molecule is NC(=O)[C@@H]1CCCN(C(=O)Nc2cc(F)ccc2OCC2CC2)C1. The quantitative estimate of drug-likeness (QED) is 0.866. The van der Waals surface area contributed by atoms with Crippen molar-refractivity contribution in [1.29, 1.82) is 0 Å². The molecule has 1 saturated carbocycles. The molecule has 2 fully saturated rings. The number of urea groups is 1. The second-order valence-electron chi connectivity index (χ2n) is 6.51. The number of carbonyl (C=O) groups excluding carboxylic acids is 2. The van der Waals surface area contributed by atoms with Gasteiger partial charge in [-0.3, -0.25) is 4.79 Å². The third-order valence-electron chi connectivity index (χ3n) is 4.47. The summed E-state index contributed by atoms with van der Waals surface area (Å²) in [7, 11) is 0. The average Bonchev–Trinajstić information content (AvgIpc) is 3.38. The van der Waals surface area contributed by atoms with Crippen LogP contribution in [-0.4, -0.2) is 36.5 Å². The fourth-order valence-corrected chi connectivity index (χ4v) is 2.81. The summed E-state index contributed by atoms with van der Waals surface area (Å²) in [5.74, 6) is -0.163. The first-order valence-electron chi connectivity index (χ1n) is 8.30. The van der Waals surface area contributed by atoms with Gasteiger partial charge in [0.15, 0.2) is 0 Å². The van der Waals surface area contributed by atoms with Crippen molar-refractivity contribution in [2.24, 2.45) is 17.6 Å². The zero-order valence-electron chi connectivity index (χ0n) is 13.5. The van der Waals surface area contributed by atoms with Gasteiger partial charge in [0.2, 0.25) is 5.91 Å². The van der Waals surface area contributed by atoms with Crippen LogP contribution in [0.1, 0.15) is 25.7 Å². The number of nitrogens with zero attached hydrogens (tertiary/aromatic N) is 1. The van der Waals surface area contributed by atoms with E-state index in [9.17, 15) is 14.0 Å². The van der Waals surface area contributed by atoms with Crippen molar-refractivity contribution in [1.82, 2.24) is 4.90 Å². The van der Waals surface area contributed by atoms with Gasteiger partial charge in [0, 0.05) is 19.2 Å². The smallest absolute Gasteiger partial charge is 0.321 e. The number of carbonyl (C=O) groups is 2. The maximum atomic E-state index is 13.5. The van der Waals surface area contributed by atoms with E-state index in [4.69, 9.17) is 10.5 Å². The van der Waals surface area contributed by atoms with Crippen LogP contribution in [0.15, 0.2) is 18.2 Å². The highest BCUT2D eigenvalue weighted by Crippen LogP contribution is 2.32. The molecule has 1 heterocycles. The molecule has 3 N–H and O–H groups in total. The number of ether oxygens (including phenoxy) is 1. The summed E-state index contributed by atoms with van der Waals surface area (Å²) >= 11 is 0. The summed E-state index contributed by atoms with van der Waals surface area (Å²) in [6, 6.07) is 3.70. The van der Waals surface area contributed by atoms with E-state index in [-0.39, 0.29) is 18.5 Å². The summed E-state index contributed by atoms with van der Waals surface area (Å²) in [5, 5.41) is 2.69. The number of rotatable bonds is 5. The van der Waals surface area contributed by atoms with E-state index in [0.29, 0.717) is 36.9 Å². The van der Waals surface area contributed by atoms with Gasteiger partial charge in [0.05, 0.1) is 18.2 Å². The molecule has 1 aliphatic carbocycles. The predicted molar refractivity (Wildman–Crippen MR) is 87.1 cm³/mol. The van der Waals surface area contributed by atoms with Crippen LogP contribution >= 0.6 is 0 Å². The van der Waals surface area contributed by atoms with Gasteiger partial charge < -0.3 is 20.7 Å². The van der Waals surface area contributed by atoms with Crippen LogP contribution in [0.5, 0.6) is 5.75 Å². The number of anilines is 1. The summed E-state index contributed by atoms with van der Waals surface area (Å²) < 4.78 is 19.2. The third kappa shape index (κ3) is 4.15. The normalized spacial score (nSPS) is 20.5. The summed E-state index contributed by atoms with van der Waals surface area (Å²) in [4.78, 5) is 25.3. The molecule has 1 atom stereocenters. The van der Waals surface area contributed by atoms with Gasteiger partial charge in [-0.15, -0.1) is 0 Å². The monoisotopic (exact) mass is 335 g/mol. The van der Waals surface area contributed by atoms with Crippen LogP contribution in [0.4, 0.5) is 14.9 Å². The Kier molecular flexibility index (Phi) is 4.87. The number of primary amides is 1. The van der Waals surface area contributed by atoms with Gasteiger partial charge >= 0.3 is 6.03 Å². The molecule has 1 aliphatic heterocycles. The number of nitrogens with two attached hydrogens (primary N) is 1. The third-order valence-corrected chi connectivity index (χ3v) is 4.47. The maximum absolute atomic E-state index is 13.5. The Morgan fingerprint density at radius 3 is 2.83 bits per heavy atom. The number of hydrogen-bond acceptors (Lipinski definition) is 3. The molecule has 0 spiro atoms. The lowest BCUT2D eigenvalue weighted by Crippen LogP contribution is -2.45. The molecule has 3 amide bonds. The molecule has 6 nitrogen and oxygen atoms in total. The zero-order valence-corrected chi connectivity index (χ0v) is 13.5. The topological polar surface area (TPSA) is 84.7 Å². The minimum Gasteiger partial charge on any atom is -0.491 e. The predicted octanol–water partition coefficient (Wildman–Crippen LogP) is 2.34. The van der Waals surface area contributed by atoms with Crippen molar-refractivity contribution >= 4 is 17.6 Å². The molecule has 1 aromatic carbocycles. The summed E-state index contributed by atoms with van der Waals surface area (Å²) in [5.41, 5.74) is 5.64. The van der Waals surface area contributed by atoms with E-state index in [2.05, 4.69) is 5.32 Å². The van der Waals surface area contributed by atoms with Crippen molar-refractivity contribution in [3.63, 3.8) is 0 Å². The van der Waals surface area contributed by atoms with Crippen LogP contribution < -0.4 is 15.8 Å². The Morgan fingerprint density at radius 2 is 2.12 bits per heavy atom. The number of likely N-dealkylation sites (tertiary alicyclic amines) is 1. The highest BCUT2D eigenvalue weighted by molar-refractivity contribution is 5.91. The molecule has 2 aliphatic rings. The second kappa shape index (κ2) is 7.07. The van der Waals surface area contributed by atoms with Gasteiger partial charge in [0.1, 0.15) is 11.6 Å². The molecule has 24 heavy (non-hydrogen) atoms. The van der Waals surface area contributed by atoms with Crippen LogP contribution in [0.25, 0.3) is 0 Å². The number of amides is 3. The minimum absolute atomic E-state index is 0.286. The standard InChI is InChI=1S/C17H22FN3O3/c18-13-5-6-15(24-10-11-3-4-11)14(8-13)20-17(23)21-7-1-2-12(9-21)16(19)22/h5-6,8,11-12H,1-4,7,9-10H2,(H2,19,22)(H,20,23)/t12-/m1/s1. The van der Waals surface area contributed by atoms with E-state index >= 15 is 0 Å². The second-order valence-corrected chi connectivity index (χ2v) is 6.51. The van der Waals surface area contributed by atoms with E-state index in [1.165, 1.54) is 23.1 Å². The van der Waals surface area contributed by atoms with Crippen LogP contribution in [0, 0.1) is 17.7 Å². The maximum Gasteiger partial charge on any atom is 0.321 e. The fraction of sp³-hybridized carbons (Fsp3) is 0.529. The largest absolute Gasteiger partial charge is 0.491 e. The van der Waals surface area contributed by atoms with Crippen LogP contribution in [-0.2, 0) is 4.79 Å². The van der Waals surface area contributed by atoms with Crippen molar-refractivity contribution in [2.75, 3.05) is 25.0 Å². The van der Waals surface area contributed by atoms with Gasteiger partial charge in [-0.2, -0.15) is 0 Å². The van der Waals surface area contributed by atoms with Gasteiger partial charge in [-0.25, -0.2) is 9.18 Å². The molecule has 0 bridgehead atoms. The van der Waals surface area contributed by atoms with Crippen LogP contribution in [0.2, 0.25) is 0 Å². The molecule has 0 unspecified atom stereocenters. The first-order chi connectivity index (χ1) is 11.5. The molecular formula is C17H22FN3O3. The Hall–Kier alpha value is -2.31. The number of halogens is 1.